The van der Waals surface area contributed by atoms with Gasteiger partial charge in [0.25, 0.3) is 0 Å². The van der Waals surface area contributed by atoms with Gasteiger partial charge in [-0.25, -0.2) is 0 Å². The van der Waals surface area contributed by atoms with Gasteiger partial charge in [0.05, 0.1) is 0 Å². The zero-order valence-electron chi connectivity index (χ0n) is 24.5. The molecule has 0 fully saturated rings. The summed E-state index contributed by atoms with van der Waals surface area (Å²) in [5.74, 6) is 0. The number of benzene rings is 6. The summed E-state index contributed by atoms with van der Waals surface area (Å²) in [6, 6.07) is 70.9. The van der Waals surface area contributed by atoms with Crippen molar-refractivity contribution in [3.05, 3.63) is 200 Å². The quantitative estimate of drug-likeness (QED) is 0.192. The molecule has 7 rings (SSSR count). The first-order chi connectivity index (χ1) is 21.8. The molecule has 210 valence electrons. The molecule has 0 bridgehead atoms. The third kappa shape index (κ3) is 4.67. The highest BCUT2D eigenvalue weighted by Crippen LogP contribution is 2.11. The Hall–Kier alpha value is -5.10. The van der Waals surface area contributed by atoms with Crippen LogP contribution in [0.4, 0.5) is 0 Å². The Bertz CT molecular complexity index is 1570. The van der Waals surface area contributed by atoms with Crippen molar-refractivity contribution in [1.29, 1.82) is 0 Å². The lowest BCUT2D eigenvalue weighted by atomic mass is 10.3. The molecule has 1 heterocycles. The molecule has 0 spiro atoms. The van der Waals surface area contributed by atoms with Crippen molar-refractivity contribution < 1.29 is 0 Å². The second kappa shape index (κ2) is 12.3. The van der Waals surface area contributed by atoms with Gasteiger partial charge >= 0.3 is 0 Å². The van der Waals surface area contributed by atoms with Crippen LogP contribution in [-0.4, -0.2) is 21.1 Å². The highest BCUT2D eigenvalue weighted by Gasteiger charge is 2.45. The first-order valence-electron chi connectivity index (χ1n) is 15.1. The number of nitrogens with zero attached hydrogens (tertiary/aromatic N) is 1. The van der Waals surface area contributed by atoms with Gasteiger partial charge in [0, 0.05) is 11.5 Å². The minimum absolute atomic E-state index is 1.14. The van der Waals surface area contributed by atoms with Crippen LogP contribution >= 0.6 is 0 Å². The summed E-state index contributed by atoms with van der Waals surface area (Å²) in [6.07, 6.45) is 2.20. The largest absolute Gasteiger partial charge is 0.265 e. The van der Waals surface area contributed by atoms with E-state index in [0.29, 0.717) is 0 Å². The molecular formula is C41H33NSi2. The molecular weight excluding hydrogens is 563 g/mol. The molecule has 0 atom stereocenters. The Morgan fingerprint density at radius 2 is 0.523 bits per heavy atom. The van der Waals surface area contributed by atoms with Crippen molar-refractivity contribution in [3.8, 4) is 0 Å². The number of rotatable bonds is 8. The molecule has 7 aromatic rings. The highest BCUT2D eigenvalue weighted by atomic mass is 28.3. The van der Waals surface area contributed by atoms with E-state index in [4.69, 9.17) is 4.98 Å². The van der Waals surface area contributed by atoms with E-state index in [9.17, 15) is 0 Å². The lowest BCUT2D eigenvalue weighted by molar-refractivity contribution is 1.39. The van der Waals surface area contributed by atoms with Gasteiger partial charge in [0.1, 0.15) is 0 Å². The lowest BCUT2D eigenvalue weighted by Gasteiger charge is -2.36. The van der Waals surface area contributed by atoms with Crippen molar-refractivity contribution in [2.75, 3.05) is 0 Å². The zero-order valence-corrected chi connectivity index (χ0v) is 26.5. The van der Waals surface area contributed by atoms with Crippen LogP contribution in [0.3, 0.4) is 0 Å². The number of hydrogen-bond acceptors (Lipinski definition) is 1. The lowest BCUT2D eigenvalue weighted by Crippen LogP contribution is -2.77. The van der Waals surface area contributed by atoms with Gasteiger partial charge < -0.3 is 0 Å². The Morgan fingerprint density at radius 1 is 0.250 bits per heavy atom. The Kier molecular flexibility index (Phi) is 7.72. The van der Waals surface area contributed by atoms with Crippen LogP contribution < -0.4 is 41.6 Å². The molecule has 0 N–H and O–H groups in total. The maximum absolute atomic E-state index is 5.52. The van der Waals surface area contributed by atoms with Crippen LogP contribution in [0.15, 0.2) is 200 Å². The number of aromatic nitrogens is 1. The Morgan fingerprint density at radius 3 is 0.773 bits per heavy atom. The second-order valence-electron chi connectivity index (χ2n) is 11.1. The summed E-state index contributed by atoms with van der Waals surface area (Å²) < 4.78 is 0. The summed E-state index contributed by atoms with van der Waals surface area (Å²) in [5.41, 5.74) is 0. The topological polar surface area (TPSA) is 12.9 Å². The van der Waals surface area contributed by atoms with Crippen LogP contribution in [0.5, 0.6) is 0 Å². The molecule has 0 aliphatic carbocycles. The average Bonchev–Trinajstić information content (AvgIpc) is 3.12. The molecule has 1 aromatic heterocycles. The summed E-state index contributed by atoms with van der Waals surface area (Å²) in [6.45, 7) is 0. The van der Waals surface area contributed by atoms with Gasteiger partial charge in [0.2, 0.25) is 8.07 Å². The molecule has 0 unspecified atom stereocenters. The second-order valence-corrected chi connectivity index (χ2v) is 18.7. The third-order valence-corrected chi connectivity index (χ3v) is 18.2. The predicted molar refractivity (Wildman–Crippen MR) is 191 cm³/mol. The molecule has 0 radical (unpaired) electrons. The maximum Gasteiger partial charge on any atom is 0.201 e. The van der Waals surface area contributed by atoms with Crippen LogP contribution in [0.2, 0.25) is 0 Å². The third-order valence-electron chi connectivity index (χ3n) is 8.82. The van der Waals surface area contributed by atoms with Gasteiger partial charge in [-0.1, -0.05) is 188 Å². The SMILES string of the molecule is c1ccc([Si](c2ccccc2)(c2ccccc2)c2ccc([Si](c3ccccc3)(c3ccccc3)c3ccccc3)nc2)cc1. The molecule has 3 heteroatoms. The van der Waals surface area contributed by atoms with E-state index in [2.05, 4.69) is 200 Å². The van der Waals surface area contributed by atoms with Crippen molar-refractivity contribution >= 4 is 57.8 Å². The summed E-state index contributed by atoms with van der Waals surface area (Å²) in [7, 11) is -5.38. The Labute approximate surface area is 262 Å². The normalized spacial score (nSPS) is 11.6. The van der Waals surface area contributed by atoms with Crippen molar-refractivity contribution in [2.24, 2.45) is 0 Å². The van der Waals surface area contributed by atoms with Gasteiger partial charge in [-0.2, -0.15) is 0 Å². The minimum Gasteiger partial charge on any atom is -0.265 e. The van der Waals surface area contributed by atoms with Crippen molar-refractivity contribution in [2.45, 2.75) is 0 Å². The fourth-order valence-electron chi connectivity index (χ4n) is 6.91. The maximum atomic E-state index is 5.52. The smallest absolute Gasteiger partial charge is 0.201 e. The Balaban J connectivity index is 1.52. The standard InChI is InChI=1S/C41H33NSi2/c1-7-19-34(20-8-1)43(35-21-9-2-10-22-35,36-23-11-3-12-24-36)40-31-32-41(42-33-40)44(37-25-13-4-14-26-37,38-27-15-5-16-28-38)39-29-17-6-18-30-39/h1-33H. The molecule has 6 aromatic carbocycles. The molecule has 0 amide bonds. The van der Waals surface area contributed by atoms with E-state index in [0.717, 1.165) is 5.32 Å². The number of pyridine rings is 1. The molecule has 0 aliphatic rings. The molecule has 0 aliphatic heterocycles. The zero-order chi connectivity index (χ0) is 29.7. The fraction of sp³-hybridized carbons (Fsp3) is 0. The van der Waals surface area contributed by atoms with Gasteiger partial charge in [-0.3, -0.25) is 4.98 Å². The van der Waals surface area contributed by atoms with Crippen LogP contribution in [-0.2, 0) is 0 Å². The van der Waals surface area contributed by atoms with Gasteiger partial charge in [-0.05, 0) is 42.4 Å². The van der Waals surface area contributed by atoms with E-state index < -0.39 is 16.1 Å². The van der Waals surface area contributed by atoms with Gasteiger partial charge in [-0.15, -0.1) is 0 Å². The van der Waals surface area contributed by atoms with E-state index in [1.165, 1.54) is 36.3 Å². The monoisotopic (exact) mass is 595 g/mol. The minimum atomic E-state index is -2.72. The summed E-state index contributed by atoms with van der Waals surface area (Å²) in [4.78, 5) is 5.52. The van der Waals surface area contributed by atoms with E-state index in [1.807, 2.05) is 0 Å². The predicted octanol–water partition coefficient (Wildman–Crippen LogP) is 3.84. The molecule has 44 heavy (non-hydrogen) atoms. The molecule has 1 nitrogen and oxygen atoms in total. The number of hydrogen-bond donors (Lipinski definition) is 0. The van der Waals surface area contributed by atoms with Crippen LogP contribution in [0.1, 0.15) is 0 Å². The van der Waals surface area contributed by atoms with Crippen molar-refractivity contribution in [3.63, 3.8) is 0 Å². The first kappa shape index (κ1) is 27.7. The van der Waals surface area contributed by atoms with E-state index in [-0.39, 0.29) is 0 Å². The van der Waals surface area contributed by atoms with Crippen LogP contribution in [0, 0.1) is 0 Å². The van der Waals surface area contributed by atoms with E-state index >= 15 is 0 Å². The summed E-state index contributed by atoms with van der Waals surface area (Å²) in [5, 5.41) is 10.5. The molecule has 0 saturated heterocycles. The summed E-state index contributed by atoms with van der Waals surface area (Å²) >= 11 is 0. The fourth-order valence-corrected chi connectivity index (χ4v) is 16.1. The molecule has 0 saturated carbocycles. The van der Waals surface area contributed by atoms with E-state index in [1.54, 1.807) is 0 Å². The van der Waals surface area contributed by atoms with Crippen LogP contribution in [0.25, 0.3) is 0 Å². The average molecular weight is 596 g/mol. The highest BCUT2D eigenvalue weighted by molar-refractivity contribution is 7.20. The van der Waals surface area contributed by atoms with Crippen molar-refractivity contribution in [1.82, 2.24) is 4.98 Å². The van der Waals surface area contributed by atoms with Gasteiger partial charge in [0.15, 0.2) is 8.07 Å². The first-order valence-corrected chi connectivity index (χ1v) is 19.1.